The maximum Gasteiger partial charge on any atom is 0.0216 e. The van der Waals surface area contributed by atoms with Crippen LogP contribution in [0.2, 0.25) is 0 Å². The molecule has 2 unspecified atom stereocenters. The summed E-state index contributed by atoms with van der Waals surface area (Å²) in [4.78, 5) is 0. The van der Waals surface area contributed by atoms with E-state index in [-0.39, 0.29) is 0 Å². The van der Waals surface area contributed by atoms with E-state index in [0.29, 0.717) is 12.1 Å². The zero-order valence-corrected chi connectivity index (χ0v) is 7.15. The van der Waals surface area contributed by atoms with Gasteiger partial charge in [-0.1, -0.05) is 13.8 Å². The van der Waals surface area contributed by atoms with E-state index in [4.69, 9.17) is 0 Å². The summed E-state index contributed by atoms with van der Waals surface area (Å²) >= 11 is 0. The first-order valence-corrected chi connectivity index (χ1v) is 4.17. The van der Waals surface area contributed by atoms with Crippen molar-refractivity contribution in [1.29, 1.82) is 0 Å². The number of hydrogen-bond donors (Lipinski definition) is 2. The van der Waals surface area contributed by atoms with Crippen molar-refractivity contribution < 1.29 is 0 Å². The van der Waals surface area contributed by atoms with Crippen molar-refractivity contribution in [2.24, 2.45) is 5.92 Å². The fraction of sp³-hybridized carbons (Fsp3) is 1.00. The van der Waals surface area contributed by atoms with Gasteiger partial charge in [0.1, 0.15) is 0 Å². The van der Waals surface area contributed by atoms with Gasteiger partial charge in [0.2, 0.25) is 0 Å². The summed E-state index contributed by atoms with van der Waals surface area (Å²) in [7, 11) is 0. The lowest BCUT2D eigenvalue weighted by molar-refractivity contribution is 0.303. The van der Waals surface area contributed by atoms with Crippen molar-refractivity contribution in [2.45, 2.75) is 32.9 Å². The molecule has 1 aliphatic heterocycles. The normalized spacial score (nSPS) is 34.8. The van der Waals surface area contributed by atoms with Crippen LogP contribution >= 0.6 is 0 Å². The van der Waals surface area contributed by atoms with Crippen LogP contribution < -0.4 is 10.6 Å². The first-order valence-electron chi connectivity index (χ1n) is 4.17. The Morgan fingerprint density at radius 2 is 1.90 bits per heavy atom. The van der Waals surface area contributed by atoms with Crippen LogP contribution in [0.15, 0.2) is 0 Å². The Bertz CT molecular complexity index is 93.4. The lowest BCUT2D eigenvalue weighted by Gasteiger charge is -2.31. The van der Waals surface area contributed by atoms with E-state index in [1.54, 1.807) is 0 Å². The van der Waals surface area contributed by atoms with Crippen LogP contribution in [0.4, 0.5) is 0 Å². The predicted octanol–water partition coefficient (Wildman–Crippen LogP) is 0.592. The second-order valence-corrected chi connectivity index (χ2v) is 3.57. The molecule has 0 spiro atoms. The molecule has 0 aromatic rings. The summed E-state index contributed by atoms with van der Waals surface area (Å²) in [5, 5.41) is 6.96. The van der Waals surface area contributed by atoms with Crippen LogP contribution in [0.1, 0.15) is 20.8 Å². The van der Waals surface area contributed by atoms with Gasteiger partial charge in [0.15, 0.2) is 0 Å². The van der Waals surface area contributed by atoms with Crippen molar-refractivity contribution in [2.75, 3.05) is 13.1 Å². The molecule has 1 fully saturated rings. The Labute approximate surface area is 63.4 Å². The Kier molecular flexibility index (Phi) is 2.69. The number of nitrogens with one attached hydrogen (secondary N) is 2. The van der Waals surface area contributed by atoms with Gasteiger partial charge in [-0.2, -0.15) is 0 Å². The van der Waals surface area contributed by atoms with Gasteiger partial charge in [-0.15, -0.1) is 0 Å². The van der Waals surface area contributed by atoms with Gasteiger partial charge in [0.25, 0.3) is 0 Å². The minimum atomic E-state index is 0.648. The van der Waals surface area contributed by atoms with Gasteiger partial charge in [0.05, 0.1) is 0 Å². The van der Waals surface area contributed by atoms with E-state index >= 15 is 0 Å². The third-order valence-electron chi connectivity index (χ3n) is 2.18. The van der Waals surface area contributed by atoms with Gasteiger partial charge in [-0.25, -0.2) is 0 Å². The molecule has 0 aromatic heterocycles. The number of rotatable bonds is 1. The molecule has 2 atom stereocenters. The standard InChI is InChI=1S/C8H18N2/c1-6(2)8-5-9-7(3)4-10-8/h6-10H,4-5H2,1-3H3. The van der Waals surface area contributed by atoms with Crippen LogP contribution in [0.25, 0.3) is 0 Å². The zero-order valence-electron chi connectivity index (χ0n) is 7.15. The summed E-state index contributed by atoms with van der Waals surface area (Å²) < 4.78 is 0. The minimum absolute atomic E-state index is 0.648. The Hall–Kier alpha value is -0.0800. The molecule has 0 radical (unpaired) electrons. The molecule has 1 saturated heterocycles. The molecule has 1 aliphatic rings. The highest BCUT2D eigenvalue weighted by molar-refractivity contribution is 4.81. The van der Waals surface area contributed by atoms with Gasteiger partial charge in [-0.05, 0) is 12.8 Å². The Morgan fingerprint density at radius 1 is 1.20 bits per heavy atom. The molecule has 2 nitrogen and oxygen atoms in total. The van der Waals surface area contributed by atoms with Crippen molar-refractivity contribution in [3.8, 4) is 0 Å². The summed E-state index contributed by atoms with van der Waals surface area (Å²) in [6, 6.07) is 1.33. The zero-order chi connectivity index (χ0) is 7.56. The van der Waals surface area contributed by atoms with Crippen LogP contribution in [-0.2, 0) is 0 Å². The highest BCUT2D eigenvalue weighted by atomic mass is 15.1. The van der Waals surface area contributed by atoms with Crippen LogP contribution in [-0.4, -0.2) is 25.2 Å². The van der Waals surface area contributed by atoms with Gasteiger partial charge >= 0.3 is 0 Å². The van der Waals surface area contributed by atoms with Crippen LogP contribution in [0, 0.1) is 5.92 Å². The molecule has 2 N–H and O–H groups in total. The first kappa shape index (κ1) is 8.02. The molecule has 1 rings (SSSR count). The number of piperazine rings is 1. The van der Waals surface area contributed by atoms with Crippen molar-refractivity contribution in [3.63, 3.8) is 0 Å². The lowest BCUT2D eigenvalue weighted by atomic mass is 10.0. The maximum atomic E-state index is 3.51. The predicted molar refractivity (Wildman–Crippen MR) is 44.1 cm³/mol. The monoisotopic (exact) mass is 142 g/mol. The molecule has 0 aromatic carbocycles. The largest absolute Gasteiger partial charge is 0.311 e. The first-order chi connectivity index (χ1) is 4.70. The molecule has 0 bridgehead atoms. The number of hydrogen-bond acceptors (Lipinski definition) is 2. The smallest absolute Gasteiger partial charge is 0.0216 e. The topological polar surface area (TPSA) is 24.1 Å². The van der Waals surface area contributed by atoms with Gasteiger partial charge in [-0.3, -0.25) is 0 Å². The second-order valence-electron chi connectivity index (χ2n) is 3.57. The quantitative estimate of drug-likeness (QED) is 0.560. The maximum absolute atomic E-state index is 3.51. The van der Waals surface area contributed by atoms with Gasteiger partial charge in [0, 0.05) is 25.2 Å². The molecular weight excluding hydrogens is 124 g/mol. The third kappa shape index (κ3) is 1.96. The highest BCUT2D eigenvalue weighted by Crippen LogP contribution is 2.03. The summed E-state index contributed by atoms with van der Waals surface area (Å²) in [6.07, 6.45) is 0. The molecule has 0 amide bonds. The fourth-order valence-electron chi connectivity index (χ4n) is 1.27. The summed E-state index contributed by atoms with van der Waals surface area (Å²) in [5.74, 6) is 0.750. The van der Waals surface area contributed by atoms with Crippen LogP contribution in [0.3, 0.4) is 0 Å². The van der Waals surface area contributed by atoms with E-state index in [9.17, 15) is 0 Å². The van der Waals surface area contributed by atoms with Crippen molar-refractivity contribution in [1.82, 2.24) is 10.6 Å². The van der Waals surface area contributed by atoms with E-state index in [1.165, 1.54) is 0 Å². The molecular formula is C8H18N2. The highest BCUT2D eigenvalue weighted by Gasteiger charge is 2.18. The second kappa shape index (κ2) is 3.35. The molecule has 1 heterocycles. The third-order valence-corrected chi connectivity index (χ3v) is 2.18. The Balaban J connectivity index is 2.26. The van der Waals surface area contributed by atoms with E-state index < -0.39 is 0 Å². The molecule has 60 valence electrons. The fourth-order valence-corrected chi connectivity index (χ4v) is 1.27. The molecule has 2 heteroatoms. The minimum Gasteiger partial charge on any atom is -0.311 e. The molecule has 0 saturated carbocycles. The molecule has 10 heavy (non-hydrogen) atoms. The van der Waals surface area contributed by atoms with E-state index in [0.717, 1.165) is 19.0 Å². The lowest BCUT2D eigenvalue weighted by Crippen LogP contribution is -2.54. The van der Waals surface area contributed by atoms with E-state index in [2.05, 4.69) is 31.4 Å². The Morgan fingerprint density at radius 3 is 2.30 bits per heavy atom. The van der Waals surface area contributed by atoms with Crippen LogP contribution in [0.5, 0.6) is 0 Å². The SMILES string of the molecule is CC1CNC(C(C)C)CN1. The van der Waals surface area contributed by atoms with Crippen molar-refractivity contribution in [3.05, 3.63) is 0 Å². The van der Waals surface area contributed by atoms with E-state index in [1.807, 2.05) is 0 Å². The summed E-state index contributed by atoms with van der Waals surface area (Å²) in [5.41, 5.74) is 0. The van der Waals surface area contributed by atoms with Crippen molar-refractivity contribution >= 4 is 0 Å². The molecule has 0 aliphatic carbocycles. The summed E-state index contributed by atoms with van der Waals surface area (Å²) in [6.45, 7) is 8.97. The average molecular weight is 142 g/mol. The average Bonchev–Trinajstić information content (AvgIpc) is 1.88. The van der Waals surface area contributed by atoms with Gasteiger partial charge < -0.3 is 10.6 Å².